The van der Waals surface area contributed by atoms with Crippen LogP contribution in [0.4, 0.5) is 0 Å². The van der Waals surface area contributed by atoms with Crippen LogP contribution in [0.3, 0.4) is 0 Å². The van der Waals surface area contributed by atoms with Gasteiger partial charge in [0.2, 0.25) is 0 Å². The molecule has 4 heteroatoms. The van der Waals surface area contributed by atoms with Crippen LogP contribution in [0.5, 0.6) is 0 Å². The molecule has 4 nitrogen and oxygen atoms in total. The Labute approximate surface area is 77.7 Å². The van der Waals surface area contributed by atoms with Crippen LogP contribution in [-0.2, 0) is 18.4 Å². The van der Waals surface area contributed by atoms with Crippen molar-refractivity contribution in [2.45, 2.75) is 31.6 Å². The van der Waals surface area contributed by atoms with Gasteiger partial charge in [0.05, 0.1) is 18.4 Å². The summed E-state index contributed by atoms with van der Waals surface area (Å²) in [5.74, 6) is 0. The highest BCUT2D eigenvalue weighted by atomic mass is 16.5. The molecule has 0 radical (unpaired) electrons. The Hall–Kier alpha value is -0.870. The number of hydrogen-bond donors (Lipinski definition) is 1. The Morgan fingerprint density at radius 1 is 1.69 bits per heavy atom. The minimum atomic E-state index is 0.355. The molecule has 0 aliphatic heterocycles. The molecular weight excluding hydrogens is 166 g/mol. The van der Waals surface area contributed by atoms with Crippen LogP contribution in [0.1, 0.15) is 18.5 Å². The van der Waals surface area contributed by atoms with E-state index < -0.39 is 0 Å². The Morgan fingerprint density at radius 2 is 2.46 bits per heavy atom. The predicted octanol–water partition coefficient (Wildman–Crippen LogP) is 0.426. The first-order valence-corrected chi connectivity index (χ1v) is 4.60. The first-order chi connectivity index (χ1) is 6.24. The van der Waals surface area contributed by atoms with Gasteiger partial charge in [-0.25, -0.2) is 0 Å². The average Bonchev–Trinajstić information content (AvgIpc) is 2.43. The number of hydrogen-bond acceptors (Lipinski definition) is 3. The van der Waals surface area contributed by atoms with Crippen LogP contribution < -0.4 is 5.73 Å². The summed E-state index contributed by atoms with van der Waals surface area (Å²) in [7, 11) is 1.91. The summed E-state index contributed by atoms with van der Waals surface area (Å²) in [6.45, 7) is 0.609. The number of aryl methyl sites for hydroxylation is 1. The smallest absolute Gasteiger partial charge is 0.0910 e. The van der Waals surface area contributed by atoms with E-state index in [9.17, 15) is 0 Å². The average molecular weight is 181 g/mol. The summed E-state index contributed by atoms with van der Waals surface area (Å²) in [4.78, 5) is 0. The van der Waals surface area contributed by atoms with Gasteiger partial charge in [0.15, 0.2) is 0 Å². The van der Waals surface area contributed by atoms with Crippen molar-refractivity contribution in [2.75, 3.05) is 0 Å². The molecule has 0 unspecified atom stereocenters. The molecule has 1 aromatic heterocycles. The molecule has 1 saturated carbocycles. The second-order valence-corrected chi connectivity index (χ2v) is 3.65. The largest absolute Gasteiger partial charge is 0.372 e. The molecule has 0 saturated heterocycles. The molecule has 2 N–H and O–H groups in total. The van der Waals surface area contributed by atoms with E-state index in [4.69, 9.17) is 10.5 Å². The number of nitrogens with zero attached hydrogens (tertiary/aromatic N) is 2. The number of ether oxygens (including phenoxy) is 1. The standard InChI is InChI=1S/C9H15N3O/c1-12-3-2-8(11-12)6-13-9-4-7(10)5-9/h2-3,7,9H,4-6,10H2,1H3. The van der Waals surface area contributed by atoms with Gasteiger partial charge in [0.25, 0.3) is 0 Å². The highest BCUT2D eigenvalue weighted by molar-refractivity contribution is 4.97. The molecule has 13 heavy (non-hydrogen) atoms. The Bertz CT molecular complexity index is 278. The van der Waals surface area contributed by atoms with Crippen LogP contribution in [0, 0.1) is 0 Å². The van der Waals surface area contributed by atoms with Gasteiger partial charge < -0.3 is 10.5 Å². The molecule has 0 amide bonds. The van der Waals surface area contributed by atoms with Crippen molar-refractivity contribution >= 4 is 0 Å². The van der Waals surface area contributed by atoms with Crippen LogP contribution in [-0.4, -0.2) is 21.9 Å². The van der Waals surface area contributed by atoms with Gasteiger partial charge in [-0.15, -0.1) is 0 Å². The first kappa shape index (κ1) is 8.72. The lowest BCUT2D eigenvalue weighted by molar-refractivity contribution is -0.0203. The maximum absolute atomic E-state index is 5.64. The van der Waals surface area contributed by atoms with Crippen molar-refractivity contribution in [1.29, 1.82) is 0 Å². The fraction of sp³-hybridized carbons (Fsp3) is 0.667. The lowest BCUT2D eigenvalue weighted by atomic mass is 9.90. The molecule has 2 rings (SSSR count). The third-order valence-electron chi connectivity index (χ3n) is 2.37. The van der Waals surface area contributed by atoms with E-state index in [1.54, 1.807) is 4.68 Å². The second kappa shape index (κ2) is 3.47. The van der Waals surface area contributed by atoms with E-state index in [1.807, 2.05) is 19.3 Å². The zero-order chi connectivity index (χ0) is 9.26. The predicted molar refractivity (Wildman–Crippen MR) is 49.0 cm³/mol. The zero-order valence-corrected chi connectivity index (χ0v) is 7.81. The highest BCUT2D eigenvalue weighted by Gasteiger charge is 2.26. The molecular formula is C9H15N3O. The van der Waals surface area contributed by atoms with Crippen molar-refractivity contribution in [3.05, 3.63) is 18.0 Å². The van der Waals surface area contributed by atoms with Gasteiger partial charge >= 0.3 is 0 Å². The minimum absolute atomic E-state index is 0.355. The number of rotatable bonds is 3. The quantitative estimate of drug-likeness (QED) is 0.735. The van der Waals surface area contributed by atoms with Crippen molar-refractivity contribution in [3.63, 3.8) is 0 Å². The SMILES string of the molecule is Cn1ccc(COC2CC(N)C2)n1. The summed E-state index contributed by atoms with van der Waals surface area (Å²) in [6.07, 6.45) is 4.27. The van der Waals surface area contributed by atoms with E-state index in [-0.39, 0.29) is 0 Å². The van der Waals surface area contributed by atoms with Crippen LogP contribution >= 0.6 is 0 Å². The molecule has 0 aromatic carbocycles. The normalized spacial score (nSPS) is 27.2. The highest BCUT2D eigenvalue weighted by Crippen LogP contribution is 2.21. The molecule has 0 spiro atoms. The Morgan fingerprint density at radius 3 is 3.00 bits per heavy atom. The molecule has 1 aliphatic carbocycles. The molecule has 0 bridgehead atoms. The van der Waals surface area contributed by atoms with Crippen LogP contribution in [0.25, 0.3) is 0 Å². The third kappa shape index (κ3) is 2.08. The van der Waals surface area contributed by atoms with E-state index in [2.05, 4.69) is 5.10 Å². The first-order valence-electron chi connectivity index (χ1n) is 4.60. The monoisotopic (exact) mass is 181 g/mol. The van der Waals surface area contributed by atoms with Crippen molar-refractivity contribution in [3.8, 4) is 0 Å². The second-order valence-electron chi connectivity index (χ2n) is 3.65. The summed E-state index contributed by atoms with van der Waals surface area (Å²) < 4.78 is 7.37. The molecule has 1 fully saturated rings. The van der Waals surface area contributed by atoms with E-state index in [0.717, 1.165) is 18.5 Å². The fourth-order valence-corrected chi connectivity index (χ4v) is 1.49. The molecule has 1 aliphatic rings. The molecule has 1 heterocycles. The summed E-state index contributed by atoms with van der Waals surface area (Å²) in [5.41, 5.74) is 6.63. The number of nitrogens with two attached hydrogens (primary N) is 1. The van der Waals surface area contributed by atoms with Gasteiger partial charge in [0, 0.05) is 19.3 Å². The molecule has 0 atom stereocenters. The Kier molecular flexibility index (Phi) is 2.33. The van der Waals surface area contributed by atoms with Crippen LogP contribution in [0.15, 0.2) is 12.3 Å². The maximum atomic E-state index is 5.64. The topological polar surface area (TPSA) is 53.1 Å². The summed E-state index contributed by atoms with van der Waals surface area (Å²) in [5, 5.41) is 4.22. The van der Waals surface area contributed by atoms with E-state index >= 15 is 0 Å². The fourth-order valence-electron chi connectivity index (χ4n) is 1.49. The van der Waals surface area contributed by atoms with Crippen molar-refractivity contribution < 1.29 is 4.74 Å². The van der Waals surface area contributed by atoms with Gasteiger partial charge in [-0.2, -0.15) is 5.10 Å². The summed E-state index contributed by atoms with van der Waals surface area (Å²) >= 11 is 0. The number of aromatic nitrogens is 2. The lowest BCUT2D eigenvalue weighted by Crippen LogP contribution is -2.41. The van der Waals surface area contributed by atoms with Crippen LogP contribution in [0.2, 0.25) is 0 Å². The van der Waals surface area contributed by atoms with Gasteiger partial charge in [0.1, 0.15) is 0 Å². The Balaban J connectivity index is 1.74. The maximum Gasteiger partial charge on any atom is 0.0910 e. The molecule has 72 valence electrons. The van der Waals surface area contributed by atoms with E-state index in [0.29, 0.717) is 18.8 Å². The summed E-state index contributed by atoms with van der Waals surface area (Å²) in [6, 6.07) is 2.33. The van der Waals surface area contributed by atoms with Gasteiger partial charge in [-0.05, 0) is 18.9 Å². The lowest BCUT2D eigenvalue weighted by Gasteiger charge is -2.31. The third-order valence-corrected chi connectivity index (χ3v) is 2.37. The van der Waals surface area contributed by atoms with Crippen molar-refractivity contribution in [1.82, 2.24) is 9.78 Å². The van der Waals surface area contributed by atoms with E-state index in [1.165, 1.54) is 0 Å². The van der Waals surface area contributed by atoms with Gasteiger partial charge in [-0.3, -0.25) is 4.68 Å². The molecule has 1 aromatic rings. The van der Waals surface area contributed by atoms with Gasteiger partial charge in [-0.1, -0.05) is 0 Å². The zero-order valence-electron chi connectivity index (χ0n) is 7.81. The minimum Gasteiger partial charge on any atom is -0.372 e. The van der Waals surface area contributed by atoms with Crippen molar-refractivity contribution in [2.24, 2.45) is 12.8 Å².